The fraction of sp³-hybridized carbons (Fsp3) is 0.545. The Kier molecular flexibility index (Phi) is 11.4. The van der Waals surface area contributed by atoms with E-state index < -0.39 is 0 Å². The summed E-state index contributed by atoms with van der Waals surface area (Å²) in [6.45, 7) is 0. The van der Waals surface area contributed by atoms with Crippen LogP contribution >= 0.6 is 0 Å². The Hall–Kier alpha value is -0.441. The zero-order valence-electron chi connectivity index (χ0n) is 14.8. The maximum atomic E-state index is 3.29. The van der Waals surface area contributed by atoms with Crippen LogP contribution in [0.3, 0.4) is 0 Å². The van der Waals surface area contributed by atoms with Gasteiger partial charge in [-0.25, -0.2) is 0 Å². The summed E-state index contributed by atoms with van der Waals surface area (Å²) in [5.41, 5.74) is 9.38. The van der Waals surface area contributed by atoms with E-state index in [1.165, 1.54) is 86.0 Å². The van der Waals surface area contributed by atoms with Crippen LogP contribution in [-0.4, -0.2) is 26.3 Å². The third-order valence-corrected chi connectivity index (χ3v) is 12.0. The minimum absolute atomic E-state index is 0.969. The van der Waals surface area contributed by atoms with Crippen LogP contribution in [0.25, 0.3) is 0 Å². The topological polar surface area (TPSA) is 0 Å². The van der Waals surface area contributed by atoms with Gasteiger partial charge < -0.3 is 0 Å². The van der Waals surface area contributed by atoms with Gasteiger partial charge in [0.15, 0.2) is 0 Å². The third-order valence-electron chi connectivity index (χ3n) is 4.26. The van der Waals surface area contributed by atoms with Gasteiger partial charge in [0.25, 0.3) is 0 Å². The van der Waals surface area contributed by atoms with Crippen molar-refractivity contribution in [3.05, 3.63) is 59.1 Å². The molecule has 0 amide bonds. The molecule has 0 atom stereocenters. The van der Waals surface area contributed by atoms with Crippen molar-refractivity contribution in [1.29, 1.82) is 0 Å². The van der Waals surface area contributed by atoms with Gasteiger partial charge in [0.1, 0.15) is 0 Å². The summed E-state index contributed by atoms with van der Waals surface area (Å²) < 4.78 is 0. The van der Waals surface area contributed by atoms with E-state index >= 15 is 0 Å². The van der Waals surface area contributed by atoms with Gasteiger partial charge in [-0.2, -0.15) is 0 Å². The van der Waals surface area contributed by atoms with Gasteiger partial charge in [0.2, 0.25) is 0 Å². The first-order valence-corrected chi connectivity index (χ1v) is 16.2. The van der Waals surface area contributed by atoms with Crippen LogP contribution in [0.15, 0.2) is 59.1 Å². The van der Waals surface area contributed by atoms with E-state index in [9.17, 15) is 0 Å². The molecule has 0 saturated carbocycles. The molecule has 0 spiro atoms. The third kappa shape index (κ3) is 9.76. The molecular weight excluding hydrogens is 422 g/mol. The summed E-state index contributed by atoms with van der Waals surface area (Å²) in [6.07, 6.45) is 26.5. The van der Waals surface area contributed by atoms with Crippen molar-refractivity contribution in [2.45, 2.75) is 74.8 Å². The molecule has 2 aliphatic carbocycles. The Morgan fingerprint density at radius 3 is 1.46 bits per heavy atom. The first kappa shape index (κ1) is 19.9. The standard InChI is InChI=1S/C22H30Se2/c1(5-13-21-15-7-8-16-21)3-11-19-23-24-20-12-4-2-6-14-22-17-9-10-18-22/h7-10,15,17H,1-6,11-14,19-20H2. The van der Waals surface area contributed by atoms with Crippen LogP contribution in [0.1, 0.15) is 64.2 Å². The normalized spacial score (nSPS) is 14.7. The monoisotopic (exact) mass is 454 g/mol. The summed E-state index contributed by atoms with van der Waals surface area (Å²) in [4.78, 5) is 0. The maximum absolute atomic E-state index is 3.29. The van der Waals surface area contributed by atoms with Crippen molar-refractivity contribution >= 4 is 26.3 Å². The molecule has 0 bridgehead atoms. The molecule has 2 rings (SSSR count). The molecule has 0 heterocycles. The number of hydrogen-bond donors (Lipinski definition) is 0. The summed E-state index contributed by atoms with van der Waals surface area (Å²) in [6, 6.07) is 0. The summed E-state index contributed by atoms with van der Waals surface area (Å²) >= 11 is 1.94. The Balaban J connectivity index is 1.25. The van der Waals surface area contributed by atoms with Crippen molar-refractivity contribution in [3.63, 3.8) is 0 Å². The van der Waals surface area contributed by atoms with Gasteiger partial charge in [0, 0.05) is 0 Å². The second-order valence-electron chi connectivity index (χ2n) is 6.36. The summed E-state index contributed by atoms with van der Waals surface area (Å²) in [5.74, 6) is 0. The van der Waals surface area contributed by atoms with Crippen LogP contribution in [0, 0.1) is 0 Å². The number of rotatable bonds is 15. The fourth-order valence-electron chi connectivity index (χ4n) is 2.82. The van der Waals surface area contributed by atoms with Gasteiger partial charge in [-0.15, -0.1) is 0 Å². The van der Waals surface area contributed by atoms with E-state index in [-0.39, 0.29) is 0 Å². The van der Waals surface area contributed by atoms with Gasteiger partial charge in [-0.05, 0) is 0 Å². The van der Waals surface area contributed by atoms with E-state index in [1.807, 2.05) is 12.2 Å². The van der Waals surface area contributed by atoms with E-state index in [1.54, 1.807) is 0 Å². The van der Waals surface area contributed by atoms with E-state index in [2.05, 4.69) is 35.8 Å². The molecule has 130 valence electrons. The minimum atomic E-state index is 0.969. The van der Waals surface area contributed by atoms with Gasteiger partial charge in [-0.3, -0.25) is 0 Å². The van der Waals surface area contributed by atoms with Crippen molar-refractivity contribution in [1.82, 2.24) is 0 Å². The van der Waals surface area contributed by atoms with Crippen LogP contribution in [0.2, 0.25) is 10.6 Å². The Morgan fingerprint density at radius 2 is 1.04 bits per heavy atom. The van der Waals surface area contributed by atoms with E-state index in [0.29, 0.717) is 0 Å². The molecule has 0 aromatic rings. The van der Waals surface area contributed by atoms with E-state index in [4.69, 9.17) is 0 Å². The zero-order valence-corrected chi connectivity index (χ0v) is 18.2. The summed E-state index contributed by atoms with van der Waals surface area (Å²) in [5, 5.41) is 3.06. The van der Waals surface area contributed by atoms with Gasteiger partial charge >= 0.3 is 160 Å². The molecule has 0 N–H and O–H groups in total. The fourth-order valence-corrected chi connectivity index (χ4v) is 9.81. The molecular formula is C22H30Se2. The molecule has 2 heteroatoms. The van der Waals surface area contributed by atoms with Crippen molar-refractivity contribution in [2.75, 3.05) is 0 Å². The molecule has 0 aromatic carbocycles. The molecule has 2 aliphatic rings. The molecule has 0 radical (unpaired) electrons. The van der Waals surface area contributed by atoms with Gasteiger partial charge in [-0.1, -0.05) is 0 Å². The first-order chi connectivity index (χ1) is 11.9. The molecule has 0 nitrogen and oxygen atoms in total. The summed E-state index contributed by atoms with van der Waals surface area (Å²) in [7, 11) is 0. The number of unbranched alkanes of at least 4 members (excludes halogenated alkanes) is 6. The molecule has 0 aromatic heterocycles. The Labute approximate surface area is 159 Å². The SMILES string of the molecule is C1=CC=CC=1CCCCCC[Se][Se]CCCCCCC1=C=CC=C1. The molecule has 0 fully saturated rings. The zero-order chi connectivity index (χ0) is 16.7. The first-order valence-electron chi connectivity index (χ1n) is 9.44. The van der Waals surface area contributed by atoms with Gasteiger partial charge in [0.05, 0.1) is 0 Å². The second-order valence-corrected chi connectivity index (χ2v) is 14.2. The van der Waals surface area contributed by atoms with Crippen LogP contribution in [-0.2, 0) is 0 Å². The van der Waals surface area contributed by atoms with Crippen molar-refractivity contribution in [2.24, 2.45) is 0 Å². The predicted octanol–water partition coefficient (Wildman–Crippen LogP) is 6.35. The second kappa shape index (κ2) is 13.8. The molecule has 0 aliphatic heterocycles. The Bertz CT molecular complexity index is 488. The predicted molar refractivity (Wildman–Crippen MR) is 109 cm³/mol. The average Bonchev–Trinajstić information content (AvgIpc) is 3.28. The number of allylic oxidation sites excluding steroid dienone is 6. The molecule has 24 heavy (non-hydrogen) atoms. The average molecular weight is 452 g/mol. The molecule has 0 unspecified atom stereocenters. The van der Waals surface area contributed by atoms with Crippen LogP contribution in [0.5, 0.6) is 0 Å². The van der Waals surface area contributed by atoms with Crippen molar-refractivity contribution < 1.29 is 0 Å². The van der Waals surface area contributed by atoms with Crippen LogP contribution < -0.4 is 0 Å². The Morgan fingerprint density at radius 1 is 0.583 bits per heavy atom. The van der Waals surface area contributed by atoms with E-state index in [0.717, 1.165) is 26.3 Å². The quantitative estimate of drug-likeness (QED) is 0.154. The number of hydrogen-bond acceptors (Lipinski definition) is 0. The van der Waals surface area contributed by atoms with Crippen LogP contribution in [0.4, 0.5) is 0 Å². The van der Waals surface area contributed by atoms with Crippen molar-refractivity contribution in [3.8, 4) is 0 Å². The molecule has 0 saturated heterocycles.